The van der Waals surface area contributed by atoms with Crippen molar-refractivity contribution < 1.29 is 27.4 Å². The van der Waals surface area contributed by atoms with Crippen molar-refractivity contribution in [3.63, 3.8) is 0 Å². The van der Waals surface area contributed by atoms with Crippen LogP contribution in [0.4, 0.5) is 13.2 Å². The number of H-pyrrole nitrogens is 1. The summed E-state index contributed by atoms with van der Waals surface area (Å²) in [6.07, 6.45) is -2.17. The van der Waals surface area contributed by atoms with Crippen LogP contribution in [-0.4, -0.2) is 17.1 Å². The Morgan fingerprint density at radius 1 is 0.886 bits per heavy atom. The van der Waals surface area contributed by atoms with Crippen LogP contribution in [0, 0.1) is 0 Å². The number of halogens is 5. The molecule has 0 radical (unpaired) electrons. The molecule has 0 aliphatic rings. The first-order valence-corrected chi connectivity index (χ1v) is 11.1. The molecule has 35 heavy (non-hydrogen) atoms. The number of aromatic nitrogens is 2. The van der Waals surface area contributed by atoms with Gasteiger partial charge in [-0.25, -0.2) is 4.98 Å². The Hall–Kier alpha value is -3.36. The van der Waals surface area contributed by atoms with Gasteiger partial charge in [-0.3, -0.25) is 0 Å². The quantitative estimate of drug-likeness (QED) is 0.259. The van der Waals surface area contributed by atoms with Gasteiger partial charge in [0.25, 0.3) is 0 Å². The molecule has 0 aliphatic heterocycles. The topological polar surface area (TPSA) is 56.4 Å². The molecule has 0 atom stereocenters. The van der Waals surface area contributed by atoms with Gasteiger partial charge in [0.05, 0.1) is 34.0 Å². The Bertz CT molecular complexity index is 1310. The third kappa shape index (κ3) is 6.21. The van der Waals surface area contributed by atoms with Gasteiger partial charge in [0, 0.05) is 18.5 Å². The van der Waals surface area contributed by atoms with Crippen molar-refractivity contribution >= 4 is 23.2 Å². The van der Waals surface area contributed by atoms with Gasteiger partial charge in [-0.2, -0.15) is 13.2 Å². The molecule has 4 aromatic rings. The van der Waals surface area contributed by atoms with Crippen LogP contribution in [-0.2, 0) is 19.4 Å². The minimum Gasteiger partial charge on any atom is -0.497 e. The highest BCUT2D eigenvalue weighted by molar-refractivity contribution is 6.42. The molecule has 182 valence electrons. The van der Waals surface area contributed by atoms with Crippen molar-refractivity contribution in [2.45, 2.75) is 19.4 Å². The summed E-state index contributed by atoms with van der Waals surface area (Å²) in [5, 5.41) is 0.822. The number of methoxy groups -OCH3 is 1. The largest absolute Gasteiger partial charge is 0.497 e. The van der Waals surface area contributed by atoms with Crippen LogP contribution >= 0.6 is 23.2 Å². The molecule has 4 rings (SSSR count). The van der Waals surface area contributed by atoms with Gasteiger partial charge in [-0.15, -0.1) is 0 Å². The Morgan fingerprint density at radius 2 is 1.60 bits per heavy atom. The molecule has 0 unspecified atom stereocenters. The third-order valence-corrected chi connectivity index (χ3v) is 5.80. The average molecular weight is 523 g/mol. The Balaban J connectivity index is 1.59. The first-order valence-electron chi connectivity index (χ1n) is 10.3. The van der Waals surface area contributed by atoms with Crippen molar-refractivity contribution in [1.82, 2.24) is 9.97 Å². The summed E-state index contributed by atoms with van der Waals surface area (Å²) in [6.45, 7) is 0.321. The minimum atomic E-state index is -4.48. The molecule has 1 N–H and O–H groups in total. The summed E-state index contributed by atoms with van der Waals surface area (Å²) < 4.78 is 56.2. The van der Waals surface area contributed by atoms with Gasteiger partial charge in [0.1, 0.15) is 24.7 Å². The molecule has 0 amide bonds. The van der Waals surface area contributed by atoms with E-state index < -0.39 is 11.7 Å². The van der Waals surface area contributed by atoms with Crippen LogP contribution in [0.2, 0.25) is 10.0 Å². The molecular weight excluding hydrogens is 504 g/mol. The zero-order valence-corrected chi connectivity index (χ0v) is 19.8. The highest BCUT2D eigenvalue weighted by Gasteiger charge is 2.32. The summed E-state index contributed by atoms with van der Waals surface area (Å²) in [6, 6.07) is 14.9. The molecule has 5 nitrogen and oxygen atoms in total. The molecule has 0 bridgehead atoms. The van der Waals surface area contributed by atoms with Crippen molar-refractivity contribution in [3.05, 3.63) is 93.7 Å². The maximum Gasteiger partial charge on any atom is 0.417 e. The van der Waals surface area contributed by atoms with Gasteiger partial charge in [0.15, 0.2) is 0 Å². The normalized spacial score (nSPS) is 11.4. The number of hydrogen-bond acceptors (Lipinski definition) is 4. The fraction of sp³-hybridized carbons (Fsp3) is 0.160. The van der Waals surface area contributed by atoms with Crippen LogP contribution in [0.3, 0.4) is 0 Å². The van der Waals surface area contributed by atoms with E-state index in [0.717, 1.165) is 23.4 Å². The number of nitrogens with zero attached hydrogens (tertiary/aromatic N) is 1. The van der Waals surface area contributed by atoms with Gasteiger partial charge in [-0.05, 0) is 41.5 Å². The van der Waals surface area contributed by atoms with Crippen LogP contribution < -0.4 is 14.2 Å². The van der Waals surface area contributed by atoms with E-state index in [-0.39, 0.29) is 24.8 Å². The number of alkyl halides is 3. The fourth-order valence-corrected chi connectivity index (χ4v) is 3.52. The van der Waals surface area contributed by atoms with Gasteiger partial charge < -0.3 is 19.2 Å². The molecular formula is C25H19Cl2F3N2O3. The number of aromatic amines is 1. The molecule has 2 aromatic heterocycles. The van der Waals surface area contributed by atoms with Crippen LogP contribution in [0.5, 0.6) is 17.4 Å². The number of pyridine rings is 1. The average Bonchev–Trinajstić information content (AvgIpc) is 3.35. The second-order valence-corrected chi connectivity index (χ2v) is 8.31. The van der Waals surface area contributed by atoms with E-state index in [4.69, 9.17) is 37.4 Å². The highest BCUT2D eigenvalue weighted by Crippen LogP contribution is 2.36. The standard InChI is InChI=1S/C25H19Cl2F3N2O3/c1-33-18-5-2-15(3-6-18)13-34-23-10-24(35-14-16-4-7-20(26)21(27)8-16)32-12-19(23)22-9-17(11-31-22)25(28,29)30/h2-12,31H,13-14H2,1H3. The third-order valence-electron chi connectivity index (χ3n) is 5.07. The molecule has 0 saturated heterocycles. The Kier molecular flexibility index (Phi) is 7.42. The summed E-state index contributed by atoms with van der Waals surface area (Å²) in [5.74, 6) is 1.23. The van der Waals surface area contributed by atoms with E-state index in [2.05, 4.69) is 9.97 Å². The van der Waals surface area contributed by atoms with Crippen molar-refractivity contribution in [1.29, 1.82) is 0 Å². The van der Waals surface area contributed by atoms with Crippen molar-refractivity contribution in [3.8, 4) is 28.6 Å². The van der Waals surface area contributed by atoms with E-state index in [1.54, 1.807) is 37.4 Å². The van der Waals surface area contributed by atoms with Gasteiger partial charge in [0.2, 0.25) is 5.88 Å². The predicted molar refractivity (Wildman–Crippen MR) is 127 cm³/mol. The Morgan fingerprint density at radius 3 is 2.26 bits per heavy atom. The zero-order chi connectivity index (χ0) is 25.0. The smallest absolute Gasteiger partial charge is 0.417 e. The van der Waals surface area contributed by atoms with Crippen LogP contribution in [0.1, 0.15) is 16.7 Å². The maximum atomic E-state index is 13.1. The highest BCUT2D eigenvalue weighted by atomic mass is 35.5. The van der Waals surface area contributed by atoms with Gasteiger partial charge >= 0.3 is 6.18 Å². The first-order chi connectivity index (χ1) is 16.7. The van der Waals surface area contributed by atoms with E-state index >= 15 is 0 Å². The molecule has 2 aromatic carbocycles. The van der Waals surface area contributed by atoms with Crippen molar-refractivity contribution in [2.75, 3.05) is 7.11 Å². The van der Waals surface area contributed by atoms with E-state index in [1.807, 2.05) is 12.1 Å². The molecule has 10 heteroatoms. The monoisotopic (exact) mass is 522 g/mol. The van der Waals surface area contributed by atoms with Crippen molar-refractivity contribution in [2.24, 2.45) is 0 Å². The SMILES string of the molecule is COc1ccc(COc2cc(OCc3ccc(Cl)c(Cl)c3)ncc2-c2cc(C(F)(F)F)c[nH]2)cc1. The first kappa shape index (κ1) is 24.8. The van der Waals surface area contributed by atoms with Gasteiger partial charge in [-0.1, -0.05) is 41.4 Å². The lowest BCUT2D eigenvalue weighted by Crippen LogP contribution is -2.02. The number of nitrogens with one attached hydrogen (secondary N) is 1. The lowest BCUT2D eigenvalue weighted by molar-refractivity contribution is -0.137. The molecule has 2 heterocycles. The summed E-state index contributed by atoms with van der Waals surface area (Å²) >= 11 is 12.0. The molecule has 0 spiro atoms. The number of rotatable bonds is 8. The molecule has 0 fully saturated rings. The molecule has 0 saturated carbocycles. The predicted octanol–water partition coefficient (Wildman–Crippen LogP) is 7.57. The number of ether oxygens (including phenoxy) is 3. The number of benzene rings is 2. The Labute approximate surface area is 209 Å². The summed E-state index contributed by atoms with van der Waals surface area (Å²) in [7, 11) is 1.57. The second-order valence-electron chi connectivity index (χ2n) is 7.49. The summed E-state index contributed by atoms with van der Waals surface area (Å²) in [5.41, 5.74) is 1.38. The lowest BCUT2D eigenvalue weighted by atomic mass is 10.1. The van der Waals surface area contributed by atoms with Crippen LogP contribution in [0.15, 0.2) is 67.0 Å². The maximum absolute atomic E-state index is 13.1. The number of hydrogen-bond donors (Lipinski definition) is 1. The van der Waals surface area contributed by atoms with E-state index in [0.29, 0.717) is 27.1 Å². The van der Waals surface area contributed by atoms with E-state index in [1.165, 1.54) is 12.3 Å². The zero-order valence-electron chi connectivity index (χ0n) is 18.3. The second kappa shape index (κ2) is 10.5. The fourth-order valence-electron chi connectivity index (χ4n) is 3.20. The van der Waals surface area contributed by atoms with Crippen LogP contribution in [0.25, 0.3) is 11.3 Å². The lowest BCUT2D eigenvalue weighted by Gasteiger charge is -2.13. The summed E-state index contributed by atoms with van der Waals surface area (Å²) in [4.78, 5) is 6.89. The van der Waals surface area contributed by atoms with E-state index in [9.17, 15) is 13.2 Å². The minimum absolute atomic E-state index is 0.155. The molecule has 0 aliphatic carbocycles.